The van der Waals surface area contributed by atoms with Crippen molar-refractivity contribution in [1.82, 2.24) is 9.97 Å². The summed E-state index contributed by atoms with van der Waals surface area (Å²) in [4.78, 5) is 8.65. The Hall–Kier alpha value is -3.40. The van der Waals surface area contributed by atoms with Crippen molar-refractivity contribution >= 4 is 22.4 Å². The van der Waals surface area contributed by atoms with Gasteiger partial charge in [-0.25, -0.2) is 9.97 Å². The first-order chi connectivity index (χ1) is 13.2. The van der Waals surface area contributed by atoms with Gasteiger partial charge in [0.25, 0.3) is 0 Å². The fourth-order valence-electron chi connectivity index (χ4n) is 3.15. The topological polar surface area (TPSA) is 63.8 Å². The lowest BCUT2D eigenvalue weighted by Gasteiger charge is -2.09. The van der Waals surface area contributed by atoms with Gasteiger partial charge in [0.1, 0.15) is 12.1 Å². The van der Waals surface area contributed by atoms with Crippen LogP contribution in [0.2, 0.25) is 0 Å². The van der Waals surface area contributed by atoms with Gasteiger partial charge in [0.05, 0.1) is 5.52 Å². The lowest BCUT2D eigenvalue weighted by atomic mass is 10.0. The average Bonchev–Trinajstić information content (AvgIpc) is 2.69. The number of aryl methyl sites for hydroxylation is 1. The zero-order valence-electron chi connectivity index (χ0n) is 15.3. The van der Waals surface area contributed by atoms with E-state index in [1.165, 1.54) is 22.3 Å². The van der Waals surface area contributed by atoms with Gasteiger partial charge in [-0.15, -0.1) is 0 Å². The Bertz CT molecular complexity index is 1050. The first-order valence-electron chi connectivity index (χ1n) is 9.09. The van der Waals surface area contributed by atoms with Crippen LogP contribution in [0.25, 0.3) is 22.0 Å². The number of rotatable bonds is 5. The highest BCUT2D eigenvalue weighted by atomic mass is 15.0. The van der Waals surface area contributed by atoms with Crippen molar-refractivity contribution in [3.63, 3.8) is 0 Å². The Morgan fingerprint density at radius 2 is 1.56 bits per heavy atom. The quantitative estimate of drug-likeness (QED) is 0.503. The lowest BCUT2D eigenvalue weighted by molar-refractivity contribution is 1.01. The van der Waals surface area contributed by atoms with Crippen LogP contribution in [0.3, 0.4) is 0 Å². The van der Waals surface area contributed by atoms with Crippen LogP contribution in [0.1, 0.15) is 11.1 Å². The predicted octanol–water partition coefficient (Wildman–Crippen LogP) is 4.84. The molecule has 0 unspecified atom stereocenters. The first kappa shape index (κ1) is 17.0. The standard InChI is InChI=1S/C23H22N4/c1-16-2-6-18(7-3-16)19-8-4-17(5-9-19)12-13-25-23-21-14-20(24)10-11-22(21)26-15-27-23/h2-11,14-15H,12-13,24H2,1H3,(H,25,26,27). The zero-order valence-corrected chi connectivity index (χ0v) is 15.3. The molecule has 0 amide bonds. The summed E-state index contributed by atoms with van der Waals surface area (Å²) < 4.78 is 0. The van der Waals surface area contributed by atoms with Crippen LogP contribution in [0.5, 0.6) is 0 Å². The van der Waals surface area contributed by atoms with Gasteiger partial charge in [0.15, 0.2) is 0 Å². The number of fused-ring (bicyclic) bond motifs is 1. The summed E-state index contributed by atoms with van der Waals surface area (Å²) >= 11 is 0. The second-order valence-electron chi connectivity index (χ2n) is 6.74. The Kier molecular flexibility index (Phi) is 4.71. The van der Waals surface area contributed by atoms with Gasteiger partial charge in [-0.05, 0) is 48.2 Å². The van der Waals surface area contributed by atoms with Gasteiger partial charge in [-0.3, -0.25) is 0 Å². The van der Waals surface area contributed by atoms with Crippen molar-refractivity contribution in [1.29, 1.82) is 0 Å². The van der Waals surface area contributed by atoms with Gasteiger partial charge in [0.2, 0.25) is 0 Å². The summed E-state index contributed by atoms with van der Waals surface area (Å²) in [6, 6.07) is 23.0. The number of benzene rings is 3. The van der Waals surface area contributed by atoms with Crippen molar-refractivity contribution in [3.8, 4) is 11.1 Å². The highest BCUT2D eigenvalue weighted by Gasteiger charge is 2.04. The van der Waals surface area contributed by atoms with E-state index in [1.807, 2.05) is 18.2 Å². The van der Waals surface area contributed by atoms with Gasteiger partial charge in [-0.2, -0.15) is 0 Å². The maximum atomic E-state index is 5.90. The number of nitrogen functional groups attached to an aromatic ring is 1. The highest BCUT2D eigenvalue weighted by Crippen LogP contribution is 2.22. The molecule has 0 saturated heterocycles. The van der Waals surface area contributed by atoms with Crippen molar-refractivity contribution in [2.75, 3.05) is 17.6 Å². The summed E-state index contributed by atoms with van der Waals surface area (Å²) in [6.07, 6.45) is 2.50. The van der Waals surface area contributed by atoms with Crippen molar-refractivity contribution in [2.45, 2.75) is 13.3 Å². The minimum absolute atomic E-state index is 0.715. The SMILES string of the molecule is Cc1ccc(-c2ccc(CCNc3ncnc4ccc(N)cc34)cc2)cc1. The summed E-state index contributed by atoms with van der Waals surface area (Å²) in [6.45, 7) is 2.90. The molecule has 0 atom stereocenters. The molecule has 0 aliphatic carbocycles. The minimum atomic E-state index is 0.715. The Morgan fingerprint density at radius 3 is 2.30 bits per heavy atom. The average molecular weight is 354 g/mol. The number of nitrogens with one attached hydrogen (secondary N) is 1. The van der Waals surface area contributed by atoms with E-state index in [-0.39, 0.29) is 0 Å². The molecule has 4 nitrogen and oxygen atoms in total. The molecule has 0 spiro atoms. The third-order valence-electron chi connectivity index (χ3n) is 4.70. The number of aromatic nitrogens is 2. The summed E-state index contributed by atoms with van der Waals surface area (Å²) in [7, 11) is 0. The van der Waals surface area contributed by atoms with E-state index < -0.39 is 0 Å². The molecule has 0 aliphatic heterocycles. The Labute approximate surface area is 159 Å². The third kappa shape index (κ3) is 3.90. The third-order valence-corrected chi connectivity index (χ3v) is 4.70. The summed E-state index contributed by atoms with van der Waals surface area (Å²) in [5.74, 6) is 0.823. The number of nitrogens with two attached hydrogens (primary N) is 1. The molecular formula is C23H22N4. The van der Waals surface area contributed by atoms with Gasteiger partial charge in [-0.1, -0.05) is 54.1 Å². The van der Waals surface area contributed by atoms with E-state index in [9.17, 15) is 0 Å². The van der Waals surface area contributed by atoms with E-state index in [4.69, 9.17) is 5.73 Å². The molecule has 0 radical (unpaired) electrons. The van der Waals surface area contributed by atoms with E-state index in [0.717, 1.165) is 29.7 Å². The largest absolute Gasteiger partial charge is 0.399 e. The van der Waals surface area contributed by atoms with Gasteiger partial charge < -0.3 is 11.1 Å². The second-order valence-corrected chi connectivity index (χ2v) is 6.74. The molecule has 3 aromatic carbocycles. The molecule has 0 fully saturated rings. The minimum Gasteiger partial charge on any atom is -0.399 e. The number of hydrogen-bond donors (Lipinski definition) is 2. The van der Waals surface area contributed by atoms with E-state index >= 15 is 0 Å². The predicted molar refractivity (Wildman–Crippen MR) is 113 cm³/mol. The van der Waals surface area contributed by atoms with Crippen LogP contribution in [-0.2, 0) is 6.42 Å². The molecular weight excluding hydrogens is 332 g/mol. The molecule has 134 valence electrons. The van der Waals surface area contributed by atoms with Crippen molar-refractivity contribution in [3.05, 3.63) is 84.2 Å². The molecule has 0 aliphatic rings. The molecule has 0 saturated carbocycles. The summed E-state index contributed by atoms with van der Waals surface area (Å²) in [5.41, 5.74) is 12.6. The lowest BCUT2D eigenvalue weighted by Crippen LogP contribution is -2.07. The smallest absolute Gasteiger partial charge is 0.137 e. The molecule has 4 aromatic rings. The molecule has 1 aromatic heterocycles. The molecule has 3 N–H and O–H groups in total. The van der Waals surface area contributed by atoms with Crippen LogP contribution < -0.4 is 11.1 Å². The van der Waals surface area contributed by atoms with E-state index in [2.05, 4.69) is 70.7 Å². The number of hydrogen-bond acceptors (Lipinski definition) is 4. The van der Waals surface area contributed by atoms with Crippen molar-refractivity contribution < 1.29 is 0 Å². The number of anilines is 2. The molecule has 4 heteroatoms. The zero-order chi connectivity index (χ0) is 18.6. The van der Waals surface area contributed by atoms with Crippen LogP contribution in [0, 0.1) is 6.92 Å². The van der Waals surface area contributed by atoms with Gasteiger partial charge in [0, 0.05) is 17.6 Å². The first-order valence-corrected chi connectivity index (χ1v) is 9.09. The van der Waals surface area contributed by atoms with E-state index in [0.29, 0.717) is 5.69 Å². The Balaban J connectivity index is 1.42. The second kappa shape index (κ2) is 7.46. The number of nitrogens with zero attached hydrogens (tertiary/aromatic N) is 2. The Morgan fingerprint density at radius 1 is 0.852 bits per heavy atom. The molecule has 27 heavy (non-hydrogen) atoms. The fourth-order valence-corrected chi connectivity index (χ4v) is 3.15. The maximum absolute atomic E-state index is 5.90. The monoisotopic (exact) mass is 354 g/mol. The highest BCUT2D eigenvalue weighted by molar-refractivity contribution is 5.91. The van der Waals surface area contributed by atoms with Crippen molar-refractivity contribution in [2.24, 2.45) is 0 Å². The fraction of sp³-hybridized carbons (Fsp3) is 0.130. The molecule has 4 rings (SSSR count). The summed E-state index contributed by atoms with van der Waals surface area (Å²) in [5, 5.41) is 4.36. The molecule has 0 bridgehead atoms. The van der Waals surface area contributed by atoms with Crippen LogP contribution in [0.4, 0.5) is 11.5 Å². The molecule has 1 heterocycles. The van der Waals surface area contributed by atoms with Crippen LogP contribution in [-0.4, -0.2) is 16.5 Å². The van der Waals surface area contributed by atoms with E-state index in [1.54, 1.807) is 6.33 Å². The maximum Gasteiger partial charge on any atom is 0.137 e. The van der Waals surface area contributed by atoms with Crippen LogP contribution in [0.15, 0.2) is 73.1 Å². The van der Waals surface area contributed by atoms with Gasteiger partial charge >= 0.3 is 0 Å². The normalized spacial score (nSPS) is 10.9. The van der Waals surface area contributed by atoms with Crippen LogP contribution >= 0.6 is 0 Å².